The zero-order chi connectivity index (χ0) is 8.65. The van der Waals surface area contributed by atoms with Crippen LogP contribution >= 0.6 is 22.6 Å². The van der Waals surface area contributed by atoms with Gasteiger partial charge in [0, 0.05) is 5.69 Å². The SMILES string of the molecule is Cc1cc(I)nn1C(C)(C)C. The van der Waals surface area contributed by atoms with Crippen molar-refractivity contribution in [2.24, 2.45) is 0 Å². The van der Waals surface area contributed by atoms with E-state index < -0.39 is 0 Å². The molecule has 11 heavy (non-hydrogen) atoms. The standard InChI is InChI=1S/C8H13IN2/c1-6-5-7(9)10-11(6)8(2,3)4/h5H,1-4H3. The van der Waals surface area contributed by atoms with Gasteiger partial charge in [0.2, 0.25) is 0 Å². The van der Waals surface area contributed by atoms with E-state index in [1.165, 1.54) is 5.69 Å². The van der Waals surface area contributed by atoms with E-state index in [2.05, 4.69) is 66.1 Å². The number of aromatic nitrogens is 2. The van der Waals surface area contributed by atoms with E-state index in [0.717, 1.165) is 3.70 Å². The maximum Gasteiger partial charge on any atom is 0.123 e. The van der Waals surface area contributed by atoms with Crippen molar-refractivity contribution in [3.05, 3.63) is 15.5 Å². The minimum atomic E-state index is 0.105. The van der Waals surface area contributed by atoms with Gasteiger partial charge in [-0.25, -0.2) is 0 Å². The summed E-state index contributed by atoms with van der Waals surface area (Å²) in [6, 6.07) is 2.09. The van der Waals surface area contributed by atoms with Crippen molar-refractivity contribution in [3.8, 4) is 0 Å². The largest absolute Gasteiger partial charge is 0.264 e. The average molecular weight is 264 g/mol. The molecular weight excluding hydrogens is 251 g/mol. The van der Waals surface area contributed by atoms with Gasteiger partial charge in [0.25, 0.3) is 0 Å². The summed E-state index contributed by atoms with van der Waals surface area (Å²) in [5.41, 5.74) is 1.33. The molecule has 0 bridgehead atoms. The first kappa shape index (κ1) is 9.03. The summed E-state index contributed by atoms with van der Waals surface area (Å²) in [4.78, 5) is 0. The van der Waals surface area contributed by atoms with Gasteiger partial charge < -0.3 is 0 Å². The molecule has 0 spiro atoms. The summed E-state index contributed by atoms with van der Waals surface area (Å²) in [5, 5.41) is 4.38. The lowest BCUT2D eigenvalue weighted by Crippen LogP contribution is -2.24. The Balaban J connectivity index is 3.13. The lowest BCUT2D eigenvalue weighted by Gasteiger charge is -2.20. The molecular formula is C8H13IN2. The summed E-state index contributed by atoms with van der Waals surface area (Å²) in [6.45, 7) is 8.55. The summed E-state index contributed by atoms with van der Waals surface area (Å²) >= 11 is 2.23. The third-order valence-electron chi connectivity index (χ3n) is 1.49. The van der Waals surface area contributed by atoms with Gasteiger partial charge in [0.1, 0.15) is 3.70 Å². The molecule has 0 aliphatic rings. The Kier molecular flexibility index (Phi) is 2.27. The van der Waals surface area contributed by atoms with E-state index in [9.17, 15) is 0 Å². The minimum Gasteiger partial charge on any atom is -0.264 e. The van der Waals surface area contributed by atoms with Gasteiger partial charge in [-0.05, 0) is 56.4 Å². The molecule has 0 amide bonds. The summed E-state index contributed by atoms with van der Waals surface area (Å²) in [7, 11) is 0. The normalized spacial score (nSPS) is 12.1. The molecule has 0 radical (unpaired) electrons. The molecule has 0 aliphatic heterocycles. The smallest absolute Gasteiger partial charge is 0.123 e. The third kappa shape index (κ3) is 1.95. The van der Waals surface area contributed by atoms with E-state index in [4.69, 9.17) is 0 Å². The Labute approximate surface area is 81.1 Å². The first-order chi connectivity index (χ1) is 4.91. The van der Waals surface area contributed by atoms with Crippen LogP contribution in [0.5, 0.6) is 0 Å². The summed E-state index contributed by atoms with van der Waals surface area (Å²) in [5.74, 6) is 0. The Morgan fingerprint density at radius 2 is 2.00 bits per heavy atom. The highest BCUT2D eigenvalue weighted by molar-refractivity contribution is 14.1. The molecule has 0 aliphatic carbocycles. The van der Waals surface area contributed by atoms with E-state index >= 15 is 0 Å². The molecule has 1 aromatic rings. The zero-order valence-electron chi connectivity index (χ0n) is 7.35. The number of aryl methyl sites for hydroxylation is 1. The molecule has 0 N–H and O–H groups in total. The first-order valence-electron chi connectivity index (χ1n) is 3.64. The lowest BCUT2D eigenvalue weighted by atomic mass is 10.1. The second-order valence-corrected chi connectivity index (χ2v) is 4.80. The highest BCUT2D eigenvalue weighted by Crippen LogP contribution is 2.17. The maximum atomic E-state index is 4.38. The molecule has 0 aromatic carbocycles. The zero-order valence-corrected chi connectivity index (χ0v) is 9.51. The Morgan fingerprint density at radius 3 is 2.18 bits per heavy atom. The fraction of sp³-hybridized carbons (Fsp3) is 0.625. The Hall–Kier alpha value is -0.0600. The molecule has 1 heterocycles. The van der Waals surface area contributed by atoms with E-state index in [1.54, 1.807) is 0 Å². The van der Waals surface area contributed by atoms with Crippen molar-refractivity contribution >= 4 is 22.6 Å². The van der Waals surface area contributed by atoms with E-state index in [1.807, 2.05) is 0 Å². The van der Waals surface area contributed by atoms with Crippen molar-refractivity contribution < 1.29 is 0 Å². The van der Waals surface area contributed by atoms with Gasteiger partial charge in [-0.2, -0.15) is 5.10 Å². The van der Waals surface area contributed by atoms with Crippen LogP contribution < -0.4 is 0 Å². The summed E-state index contributed by atoms with van der Waals surface area (Å²) in [6.07, 6.45) is 0. The topological polar surface area (TPSA) is 17.8 Å². The van der Waals surface area contributed by atoms with Crippen LogP contribution in [0.4, 0.5) is 0 Å². The number of hydrogen-bond donors (Lipinski definition) is 0. The van der Waals surface area contributed by atoms with Crippen molar-refractivity contribution in [1.29, 1.82) is 0 Å². The Bertz CT molecular complexity index is 258. The lowest BCUT2D eigenvalue weighted by molar-refractivity contribution is 0.346. The van der Waals surface area contributed by atoms with Crippen LogP contribution in [-0.4, -0.2) is 9.78 Å². The summed E-state index contributed by atoms with van der Waals surface area (Å²) < 4.78 is 3.12. The molecule has 62 valence electrons. The first-order valence-corrected chi connectivity index (χ1v) is 4.72. The highest BCUT2D eigenvalue weighted by atomic mass is 127. The van der Waals surface area contributed by atoms with E-state index in [-0.39, 0.29) is 5.54 Å². The van der Waals surface area contributed by atoms with Crippen molar-refractivity contribution in [2.75, 3.05) is 0 Å². The fourth-order valence-corrected chi connectivity index (χ4v) is 1.78. The van der Waals surface area contributed by atoms with E-state index in [0.29, 0.717) is 0 Å². The van der Waals surface area contributed by atoms with Gasteiger partial charge in [-0.3, -0.25) is 4.68 Å². The van der Waals surface area contributed by atoms with Crippen LogP contribution in [0.3, 0.4) is 0 Å². The van der Waals surface area contributed by atoms with Gasteiger partial charge in [0.05, 0.1) is 5.54 Å². The molecule has 0 fully saturated rings. The number of halogens is 1. The predicted octanol–water partition coefficient (Wildman–Crippen LogP) is 2.55. The molecule has 2 nitrogen and oxygen atoms in total. The number of rotatable bonds is 0. The molecule has 0 saturated carbocycles. The van der Waals surface area contributed by atoms with Gasteiger partial charge in [-0.1, -0.05) is 0 Å². The second kappa shape index (κ2) is 2.77. The number of hydrogen-bond acceptors (Lipinski definition) is 1. The molecule has 0 unspecified atom stereocenters. The van der Waals surface area contributed by atoms with Crippen molar-refractivity contribution in [3.63, 3.8) is 0 Å². The average Bonchev–Trinajstić information content (AvgIpc) is 2.08. The molecule has 3 heteroatoms. The molecule has 1 aromatic heterocycles. The van der Waals surface area contributed by atoms with Crippen molar-refractivity contribution in [1.82, 2.24) is 9.78 Å². The van der Waals surface area contributed by atoms with Crippen LogP contribution in [0.15, 0.2) is 6.07 Å². The van der Waals surface area contributed by atoms with Crippen LogP contribution in [-0.2, 0) is 5.54 Å². The van der Waals surface area contributed by atoms with Gasteiger partial charge in [-0.15, -0.1) is 0 Å². The maximum absolute atomic E-state index is 4.38. The van der Waals surface area contributed by atoms with Crippen LogP contribution in [0.1, 0.15) is 26.5 Å². The van der Waals surface area contributed by atoms with Crippen LogP contribution in [0, 0.1) is 10.6 Å². The van der Waals surface area contributed by atoms with Crippen LogP contribution in [0.25, 0.3) is 0 Å². The molecule has 0 atom stereocenters. The fourth-order valence-electron chi connectivity index (χ4n) is 1.12. The molecule has 0 saturated heterocycles. The third-order valence-corrected chi connectivity index (χ3v) is 2.02. The molecule has 1 rings (SSSR count). The Morgan fingerprint density at radius 1 is 1.45 bits per heavy atom. The van der Waals surface area contributed by atoms with Crippen molar-refractivity contribution in [2.45, 2.75) is 33.2 Å². The monoisotopic (exact) mass is 264 g/mol. The van der Waals surface area contributed by atoms with Crippen LogP contribution in [0.2, 0.25) is 0 Å². The predicted molar refractivity (Wildman–Crippen MR) is 54.7 cm³/mol. The quantitative estimate of drug-likeness (QED) is 0.658. The van der Waals surface area contributed by atoms with Gasteiger partial charge in [0.15, 0.2) is 0 Å². The van der Waals surface area contributed by atoms with Gasteiger partial charge >= 0.3 is 0 Å². The number of nitrogens with zero attached hydrogens (tertiary/aromatic N) is 2. The minimum absolute atomic E-state index is 0.105. The second-order valence-electron chi connectivity index (χ2n) is 3.69. The highest BCUT2D eigenvalue weighted by Gasteiger charge is 2.16.